The monoisotopic (exact) mass is 349 g/mol. The van der Waals surface area contributed by atoms with Gasteiger partial charge >= 0.3 is 11.7 Å². The normalized spacial score (nSPS) is 11.8. The van der Waals surface area contributed by atoms with Crippen LogP contribution in [0.15, 0.2) is 26.5 Å². The summed E-state index contributed by atoms with van der Waals surface area (Å²) in [5, 5.41) is 0.324. The summed E-state index contributed by atoms with van der Waals surface area (Å²) in [4.78, 5) is 45.1. The molecule has 0 aliphatic carbocycles. The zero-order valence-corrected chi connectivity index (χ0v) is 14.3. The molecule has 0 radical (unpaired) electrons. The van der Waals surface area contributed by atoms with Gasteiger partial charge in [-0.05, 0) is 26.3 Å². The number of carbonyl (C=O) groups is 1. The van der Waals surface area contributed by atoms with E-state index in [0.717, 1.165) is 4.57 Å². The summed E-state index contributed by atoms with van der Waals surface area (Å²) in [6.07, 6.45) is 2.93. The number of H-pyrrole nitrogens is 1. The summed E-state index contributed by atoms with van der Waals surface area (Å²) >= 11 is 1.20. The zero-order valence-electron chi connectivity index (χ0n) is 13.5. The van der Waals surface area contributed by atoms with Gasteiger partial charge in [-0.15, -0.1) is 11.3 Å². The Labute approximate surface area is 139 Å². The topological polar surface area (TPSA) is 107 Å². The van der Waals surface area contributed by atoms with Crippen molar-refractivity contribution >= 4 is 27.5 Å². The SMILES string of the molecule is COC(=O)C(C)(C)n1c(=O)[nH]c2sc(-c3ncco3)c(C)c2c1=O. The molecule has 0 bridgehead atoms. The van der Waals surface area contributed by atoms with Crippen molar-refractivity contribution in [3.63, 3.8) is 0 Å². The van der Waals surface area contributed by atoms with Crippen LogP contribution < -0.4 is 11.2 Å². The Bertz CT molecular complexity index is 1040. The van der Waals surface area contributed by atoms with E-state index in [1.165, 1.54) is 44.8 Å². The molecule has 1 N–H and O–H groups in total. The van der Waals surface area contributed by atoms with Crippen molar-refractivity contribution in [2.24, 2.45) is 0 Å². The average molecular weight is 349 g/mol. The van der Waals surface area contributed by atoms with Crippen LogP contribution in [0.2, 0.25) is 0 Å². The highest BCUT2D eigenvalue weighted by Gasteiger charge is 2.35. The zero-order chi connectivity index (χ0) is 17.6. The molecule has 0 fully saturated rings. The Morgan fingerprint density at radius 2 is 2.12 bits per heavy atom. The predicted molar refractivity (Wildman–Crippen MR) is 88.3 cm³/mol. The van der Waals surface area contributed by atoms with Crippen molar-refractivity contribution in [2.45, 2.75) is 26.3 Å². The minimum atomic E-state index is -1.44. The van der Waals surface area contributed by atoms with Crippen LogP contribution in [0.5, 0.6) is 0 Å². The number of ether oxygens (including phenoxy) is 1. The highest BCUT2D eigenvalue weighted by molar-refractivity contribution is 7.22. The van der Waals surface area contributed by atoms with Crippen LogP contribution in [0.3, 0.4) is 0 Å². The first-order valence-electron chi connectivity index (χ1n) is 7.06. The van der Waals surface area contributed by atoms with Crippen LogP contribution in [-0.2, 0) is 15.1 Å². The molecule has 8 nitrogen and oxygen atoms in total. The second-order valence-electron chi connectivity index (χ2n) is 5.72. The number of esters is 1. The van der Waals surface area contributed by atoms with Gasteiger partial charge in [0.25, 0.3) is 5.56 Å². The Morgan fingerprint density at radius 3 is 2.71 bits per heavy atom. The first-order valence-corrected chi connectivity index (χ1v) is 7.88. The van der Waals surface area contributed by atoms with Gasteiger partial charge in [-0.25, -0.2) is 19.1 Å². The van der Waals surface area contributed by atoms with Gasteiger partial charge in [0.2, 0.25) is 5.89 Å². The van der Waals surface area contributed by atoms with E-state index in [0.29, 0.717) is 26.5 Å². The molecule has 9 heteroatoms. The summed E-state index contributed by atoms with van der Waals surface area (Å²) in [7, 11) is 1.21. The maximum absolute atomic E-state index is 12.9. The lowest BCUT2D eigenvalue weighted by molar-refractivity contribution is -0.149. The molecule has 3 heterocycles. The molecule has 3 aromatic heterocycles. The van der Waals surface area contributed by atoms with Crippen LogP contribution in [0, 0.1) is 6.92 Å². The van der Waals surface area contributed by atoms with Gasteiger partial charge in [0.1, 0.15) is 16.6 Å². The Kier molecular flexibility index (Phi) is 3.67. The number of methoxy groups -OCH3 is 1. The number of thiophene rings is 1. The molecule has 0 aliphatic rings. The third kappa shape index (κ3) is 2.20. The third-order valence-corrected chi connectivity index (χ3v) is 5.05. The van der Waals surface area contributed by atoms with Crippen molar-refractivity contribution in [3.8, 4) is 10.8 Å². The van der Waals surface area contributed by atoms with Crippen LogP contribution in [-0.4, -0.2) is 27.6 Å². The maximum atomic E-state index is 12.9. The fourth-order valence-electron chi connectivity index (χ4n) is 2.60. The van der Waals surface area contributed by atoms with Crippen LogP contribution in [0.4, 0.5) is 0 Å². The van der Waals surface area contributed by atoms with Gasteiger partial charge in [0.05, 0.1) is 23.6 Å². The number of carbonyl (C=O) groups excluding carboxylic acids is 1. The lowest BCUT2D eigenvalue weighted by atomic mass is 10.1. The third-order valence-electron chi connectivity index (χ3n) is 3.86. The number of hydrogen-bond donors (Lipinski definition) is 1. The Balaban J connectivity index is 2.36. The number of nitrogens with one attached hydrogen (secondary N) is 1. The number of nitrogens with zero attached hydrogens (tertiary/aromatic N) is 2. The second-order valence-corrected chi connectivity index (χ2v) is 6.74. The quantitative estimate of drug-likeness (QED) is 0.720. The second kappa shape index (κ2) is 5.45. The molecule has 3 aromatic rings. The van der Waals surface area contributed by atoms with Crippen molar-refractivity contribution < 1.29 is 13.9 Å². The van der Waals surface area contributed by atoms with Gasteiger partial charge in [-0.3, -0.25) is 9.78 Å². The lowest BCUT2D eigenvalue weighted by Gasteiger charge is -2.23. The fourth-order valence-corrected chi connectivity index (χ4v) is 3.73. The van der Waals surface area contributed by atoms with Crippen molar-refractivity contribution in [3.05, 3.63) is 38.9 Å². The maximum Gasteiger partial charge on any atom is 0.331 e. The Hall–Kier alpha value is -2.68. The molecule has 3 rings (SSSR count). The van der Waals surface area contributed by atoms with Gasteiger partial charge < -0.3 is 9.15 Å². The van der Waals surface area contributed by atoms with Gasteiger partial charge in [-0.1, -0.05) is 0 Å². The van der Waals surface area contributed by atoms with Crippen LogP contribution in [0.1, 0.15) is 19.4 Å². The fraction of sp³-hybridized carbons (Fsp3) is 0.333. The minimum Gasteiger partial charge on any atom is -0.467 e. The van der Waals surface area contributed by atoms with E-state index in [2.05, 4.69) is 9.97 Å². The summed E-state index contributed by atoms with van der Waals surface area (Å²) in [6, 6.07) is 0. The largest absolute Gasteiger partial charge is 0.467 e. The van der Waals surface area contributed by atoms with Crippen molar-refractivity contribution in [1.82, 2.24) is 14.5 Å². The molecular formula is C15H15N3O5S. The lowest BCUT2D eigenvalue weighted by Crippen LogP contribution is -2.50. The molecular weight excluding hydrogens is 334 g/mol. The van der Waals surface area contributed by atoms with E-state index >= 15 is 0 Å². The predicted octanol–water partition coefficient (Wildman–Crippen LogP) is 1.62. The van der Waals surface area contributed by atoms with E-state index in [4.69, 9.17) is 9.15 Å². The highest BCUT2D eigenvalue weighted by Crippen LogP contribution is 2.34. The number of rotatable bonds is 3. The molecule has 0 unspecified atom stereocenters. The summed E-state index contributed by atoms with van der Waals surface area (Å²) < 4.78 is 10.9. The molecule has 126 valence electrons. The van der Waals surface area contributed by atoms with Crippen LogP contribution in [0.25, 0.3) is 21.0 Å². The smallest absolute Gasteiger partial charge is 0.331 e. The van der Waals surface area contributed by atoms with E-state index in [-0.39, 0.29) is 0 Å². The highest BCUT2D eigenvalue weighted by atomic mass is 32.1. The van der Waals surface area contributed by atoms with Crippen molar-refractivity contribution in [1.29, 1.82) is 0 Å². The minimum absolute atomic E-state index is 0.324. The molecule has 0 atom stereocenters. The van der Waals surface area contributed by atoms with Gasteiger partial charge in [0, 0.05) is 0 Å². The van der Waals surface area contributed by atoms with Crippen molar-refractivity contribution in [2.75, 3.05) is 7.11 Å². The number of aromatic nitrogens is 3. The summed E-state index contributed by atoms with van der Waals surface area (Å²) in [5.74, 6) is -0.317. The standard InChI is InChI=1S/C15H15N3O5S/c1-7-8-11(24-9(7)10-16-5-6-23-10)17-14(21)18(12(8)19)15(2,3)13(20)22-4/h5-6H,1-4H3,(H,17,21). The van der Waals surface area contributed by atoms with Gasteiger partial charge in [-0.2, -0.15) is 0 Å². The van der Waals surface area contributed by atoms with Gasteiger partial charge in [0.15, 0.2) is 0 Å². The number of aromatic amines is 1. The van der Waals surface area contributed by atoms with Crippen LogP contribution >= 0.6 is 11.3 Å². The molecule has 0 saturated heterocycles. The first-order chi connectivity index (χ1) is 11.3. The van der Waals surface area contributed by atoms with E-state index < -0.39 is 22.8 Å². The molecule has 24 heavy (non-hydrogen) atoms. The number of hydrogen-bond acceptors (Lipinski definition) is 7. The van der Waals surface area contributed by atoms with E-state index in [1.807, 2.05) is 0 Å². The molecule has 0 amide bonds. The summed E-state index contributed by atoms with van der Waals surface area (Å²) in [6.45, 7) is 4.66. The summed E-state index contributed by atoms with van der Waals surface area (Å²) in [5.41, 5.74) is -2.04. The number of oxazole rings is 1. The first kappa shape index (κ1) is 16.2. The molecule has 0 saturated carbocycles. The molecule has 0 aliphatic heterocycles. The average Bonchev–Trinajstić information content (AvgIpc) is 3.14. The molecule has 0 spiro atoms. The van der Waals surface area contributed by atoms with E-state index in [9.17, 15) is 14.4 Å². The number of fused-ring (bicyclic) bond motifs is 1. The molecule has 0 aromatic carbocycles. The van der Waals surface area contributed by atoms with E-state index in [1.54, 1.807) is 6.92 Å². The Morgan fingerprint density at radius 1 is 1.42 bits per heavy atom. The number of aryl methyl sites for hydroxylation is 1.